The molecular formula is C11H11NO3S. The summed E-state index contributed by atoms with van der Waals surface area (Å²) in [4.78, 5) is 22.9. The van der Waals surface area contributed by atoms with Crippen molar-refractivity contribution < 1.29 is 9.53 Å². The quantitative estimate of drug-likeness (QED) is 0.815. The Morgan fingerprint density at radius 3 is 2.88 bits per heavy atom. The van der Waals surface area contributed by atoms with E-state index in [0.717, 1.165) is 4.70 Å². The molecule has 0 aliphatic rings. The van der Waals surface area contributed by atoms with Crippen molar-refractivity contribution in [3.05, 3.63) is 28.6 Å². The summed E-state index contributed by atoms with van der Waals surface area (Å²) in [6, 6.07) is 5.33. The van der Waals surface area contributed by atoms with Crippen molar-refractivity contribution in [2.24, 2.45) is 0 Å². The van der Waals surface area contributed by atoms with E-state index < -0.39 is 0 Å². The summed E-state index contributed by atoms with van der Waals surface area (Å²) < 4.78 is 7.39. The van der Waals surface area contributed by atoms with Crippen molar-refractivity contribution in [1.82, 2.24) is 3.96 Å². The maximum Gasteiger partial charge on any atom is 0.269 e. The van der Waals surface area contributed by atoms with Gasteiger partial charge in [-0.2, -0.15) is 0 Å². The molecule has 0 atom stereocenters. The van der Waals surface area contributed by atoms with Crippen LogP contribution in [0.25, 0.3) is 10.1 Å². The van der Waals surface area contributed by atoms with Gasteiger partial charge in [0.1, 0.15) is 5.75 Å². The van der Waals surface area contributed by atoms with Gasteiger partial charge in [0.05, 0.1) is 23.7 Å². The predicted octanol–water partition coefficient (Wildman–Crippen LogP) is 1.66. The van der Waals surface area contributed by atoms with Gasteiger partial charge in [-0.3, -0.25) is 13.5 Å². The summed E-state index contributed by atoms with van der Waals surface area (Å²) in [5, 5.41) is 0.602. The number of Topliss-reactive ketones (excluding diaryl/α,β-unsaturated/α-hetero) is 1. The highest BCUT2D eigenvalue weighted by molar-refractivity contribution is 7.13. The Morgan fingerprint density at radius 2 is 2.25 bits per heavy atom. The van der Waals surface area contributed by atoms with Crippen LogP contribution >= 0.6 is 11.5 Å². The number of aromatic nitrogens is 1. The highest BCUT2D eigenvalue weighted by Crippen LogP contribution is 2.21. The third-order valence-electron chi connectivity index (χ3n) is 2.22. The first kappa shape index (κ1) is 10.9. The Bertz CT molecular complexity index is 597. The van der Waals surface area contributed by atoms with Gasteiger partial charge in [-0.25, -0.2) is 0 Å². The molecule has 2 rings (SSSR count). The molecule has 4 nitrogen and oxygen atoms in total. The molecule has 0 saturated heterocycles. The van der Waals surface area contributed by atoms with E-state index >= 15 is 0 Å². The van der Waals surface area contributed by atoms with Crippen LogP contribution in [-0.4, -0.2) is 16.8 Å². The molecule has 84 valence electrons. The summed E-state index contributed by atoms with van der Waals surface area (Å²) in [6.45, 7) is 1.61. The largest absolute Gasteiger partial charge is 0.497 e. The number of ether oxygens (including phenoxy) is 1. The van der Waals surface area contributed by atoms with Crippen LogP contribution in [0.1, 0.15) is 6.92 Å². The zero-order valence-corrected chi connectivity index (χ0v) is 9.84. The van der Waals surface area contributed by atoms with Gasteiger partial charge >= 0.3 is 0 Å². The molecule has 0 aliphatic carbocycles. The average molecular weight is 237 g/mol. The van der Waals surface area contributed by atoms with Gasteiger partial charge in [0.2, 0.25) is 0 Å². The van der Waals surface area contributed by atoms with Gasteiger partial charge < -0.3 is 4.74 Å². The van der Waals surface area contributed by atoms with Gasteiger partial charge in [-0.05, 0) is 25.1 Å². The van der Waals surface area contributed by atoms with E-state index in [-0.39, 0.29) is 17.9 Å². The first-order valence-corrected chi connectivity index (χ1v) is 5.56. The topological polar surface area (TPSA) is 48.3 Å². The second-order valence-electron chi connectivity index (χ2n) is 3.50. The Balaban J connectivity index is 2.59. The smallest absolute Gasteiger partial charge is 0.269 e. The third kappa shape index (κ3) is 1.86. The van der Waals surface area contributed by atoms with E-state index in [0.29, 0.717) is 11.1 Å². The van der Waals surface area contributed by atoms with E-state index in [2.05, 4.69) is 0 Å². The summed E-state index contributed by atoms with van der Waals surface area (Å²) in [7, 11) is 1.56. The molecule has 0 N–H and O–H groups in total. The first-order valence-electron chi connectivity index (χ1n) is 4.79. The lowest BCUT2D eigenvalue weighted by atomic mass is 10.2. The van der Waals surface area contributed by atoms with Crippen LogP contribution in [0, 0.1) is 0 Å². The summed E-state index contributed by atoms with van der Waals surface area (Å²) >= 11 is 1.30. The SMILES string of the molecule is COc1ccc2sn(CC(C)=O)c(=O)c2c1. The summed E-state index contributed by atoms with van der Waals surface area (Å²) in [5.74, 6) is 0.623. The number of hydrogen-bond donors (Lipinski definition) is 0. The van der Waals surface area contributed by atoms with Crippen molar-refractivity contribution in [2.75, 3.05) is 7.11 Å². The van der Waals surface area contributed by atoms with Crippen LogP contribution in [-0.2, 0) is 11.3 Å². The molecule has 1 aromatic carbocycles. The normalized spacial score (nSPS) is 10.6. The molecule has 0 fully saturated rings. The van der Waals surface area contributed by atoms with Crippen molar-refractivity contribution >= 4 is 27.4 Å². The molecule has 1 aromatic heterocycles. The van der Waals surface area contributed by atoms with E-state index in [4.69, 9.17) is 4.74 Å². The number of methoxy groups -OCH3 is 1. The fourth-order valence-corrected chi connectivity index (χ4v) is 2.52. The monoisotopic (exact) mass is 237 g/mol. The van der Waals surface area contributed by atoms with Gasteiger partial charge in [0.25, 0.3) is 5.56 Å². The molecule has 0 saturated carbocycles. The van der Waals surface area contributed by atoms with Gasteiger partial charge in [0.15, 0.2) is 5.78 Å². The lowest BCUT2D eigenvalue weighted by Gasteiger charge is -1.96. The lowest BCUT2D eigenvalue weighted by molar-refractivity contribution is -0.117. The second-order valence-corrected chi connectivity index (χ2v) is 4.56. The number of fused-ring (bicyclic) bond motifs is 1. The van der Waals surface area contributed by atoms with E-state index in [1.165, 1.54) is 22.4 Å². The number of benzene rings is 1. The molecule has 0 aliphatic heterocycles. The molecule has 0 radical (unpaired) electrons. The Hall–Kier alpha value is -1.62. The zero-order chi connectivity index (χ0) is 11.7. The van der Waals surface area contributed by atoms with Crippen molar-refractivity contribution in [1.29, 1.82) is 0 Å². The number of carbonyl (C=O) groups excluding carboxylic acids is 1. The molecule has 0 amide bonds. The maximum atomic E-state index is 11.9. The number of rotatable bonds is 3. The Morgan fingerprint density at radius 1 is 1.50 bits per heavy atom. The van der Waals surface area contributed by atoms with Crippen molar-refractivity contribution in [3.63, 3.8) is 0 Å². The highest BCUT2D eigenvalue weighted by atomic mass is 32.1. The first-order chi connectivity index (χ1) is 7.61. The molecule has 0 bridgehead atoms. The number of ketones is 1. The van der Waals surface area contributed by atoms with Crippen LogP contribution in [0.15, 0.2) is 23.0 Å². The number of nitrogens with zero attached hydrogens (tertiary/aromatic N) is 1. The van der Waals surface area contributed by atoms with E-state index in [1.54, 1.807) is 19.2 Å². The van der Waals surface area contributed by atoms with Crippen LogP contribution < -0.4 is 10.3 Å². The second kappa shape index (κ2) is 4.09. The van der Waals surface area contributed by atoms with Gasteiger partial charge in [-0.15, -0.1) is 0 Å². The molecule has 1 heterocycles. The van der Waals surface area contributed by atoms with Gasteiger partial charge in [-0.1, -0.05) is 11.5 Å². The minimum absolute atomic E-state index is 0.0272. The van der Waals surface area contributed by atoms with Crippen LogP contribution in [0.5, 0.6) is 5.75 Å². The Labute approximate surface area is 96.2 Å². The molecule has 0 unspecified atom stereocenters. The number of carbonyl (C=O) groups is 1. The predicted molar refractivity (Wildman–Crippen MR) is 63.3 cm³/mol. The Kier molecular flexibility index (Phi) is 2.78. The molecule has 2 aromatic rings. The fraction of sp³-hybridized carbons (Fsp3) is 0.273. The maximum absolute atomic E-state index is 11.9. The average Bonchev–Trinajstić information content (AvgIpc) is 2.55. The summed E-state index contributed by atoms with van der Waals surface area (Å²) in [5.41, 5.74) is -0.130. The van der Waals surface area contributed by atoms with E-state index in [9.17, 15) is 9.59 Å². The molecule has 16 heavy (non-hydrogen) atoms. The molecule has 0 spiro atoms. The fourth-order valence-electron chi connectivity index (χ4n) is 1.48. The minimum Gasteiger partial charge on any atom is -0.497 e. The van der Waals surface area contributed by atoms with E-state index in [1.807, 2.05) is 6.07 Å². The zero-order valence-electron chi connectivity index (χ0n) is 9.02. The summed E-state index contributed by atoms with van der Waals surface area (Å²) in [6.07, 6.45) is 0. The van der Waals surface area contributed by atoms with Crippen molar-refractivity contribution in [2.45, 2.75) is 13.5 Å². The van der Waals surface area contributed by atoms with Gasteiger partial charge in [0, 0.05) is 0 Å². The van der Waals surface area contributed by atoms with Crippen LogP contribution in [0.2, 0.25) is 0 Å². The standard InChI is InChI=1S/C11H11NO3S/c1-7(13)6-12-11(14)9-5-8(15-2)3-4-10(9)16-12/h3-5H,6H2,1-2H3. The molecule has 5 heteroatoms. The van der Waals surface area contributed by atoms with Crippen molar-refractivity contribution in [3.8, 4) is 5.75 Å². The third-order valence-corrected chi connectivity index (χ3v) is 3.29. The number of hydrogen-bond acceptors (Lipinski definition) is 4. The molecular weight excluding hydrogens is 226 g/mol. The minimum atomic E-state index is -0.130. The van der Waals surface area contributed by atoms with Crippen LogP contribution in [0.4, 0.5) is 0 Å². The highest BCUT2D eigenvalue weighted by Gasteiger charge is 2.09. The lowest BCUT2D eigenvalue weighted by Crippen LogP contribution is -2.16. The van der Waals surface area contributed by atoms with Crippen LogP contribution in [0.3, 0.4) is 0 Å².